The van der Waals surface area contributed by atoms with Crippen LogP contribution < -0.4 is 10.6 Å². The molecule has 3 N–H and O–H groups in total. The monoisotopic (exact) mass is 243 g/mol. The van der Waals surface area contributed by atoms with Gasteiger partial charge in [-0.25, -0.2) is 0 Å². The molecule has 0 radical (unpaired) electrons. The molecule has 0 aliphatic carbocycles. The highest BCUT2D eigenvalue weighted by molar-refractivity contribution is 5.88. The molecule has 4 nitrogen and oxygen atoms in total. The Bertz CT molecular complexity index is 588. The lowest BCUT2D eigenvalue weighted by Crippen LogP contribution is -2.47. The number of benzene rings is 1. The molecule has 1 aromatic heterocycles. The van der Waals surface area contributed by atoms with Crippen molar-refractivity contribution in [2.75, 3.05) is 6.54 Å². The van der Waals surface area contributed by atoms with Crippen molar-refractivity contribution in [1.82, 2.24) is 15.6 Å². The predicted octanol–water partition coefficient (Wildman–Crippen LogP) is 1.32. The number of likely N-dealkylation sites (N-methyl/N-ethyl adjacent to an activating group) is 1. The first-order chi connectivity index (χ1) is 8.79. The normalized spacial score (nSPS) is 18.6. The van der Waals surface area contributed by atoms with Crippen LogP contribution in [0.2, 0.25) is 0 Å². The predicted molar refractivity (Wildman–Crippen MR) is 71.3 cm³/mol. The number of hydrogen-bond acceptors (Lipinski definition) is 2. The third-order valence-electron chi connectivity index (χ3n) is 3.50. The van der Waals surface area contributed by atoms with Gasteiger partial charge in [-0.2, -0.15) is 0 Å². The molecule has 2 heterocycles. The van der Waals surface area contributed by atoms with Gasteiger partial charge in [0.15, 0.2) is 0 Å². The summed E-state index contributed by atoms with van der Waals surface area (Å²) in [7, 11) is 0. The summed E-state index contributed by atoms with van der Waals surface area (Å²) >= 11 is 0. The molecule has 2 aromatic rings. The van der Waals surface area contributed by atoms with E-state index in [-0.39, 0.29) is 11.9 Å². The molecule has 0 spiro atoms. The molecular weight excluding hydrogens is 226 g/mol. The number of amides is 1. The molecule has 1 amide bonds. The second kappa shape index (κ2) is 4.46. The molecule has 1 atom stereocenters. The van der Waals surface area contributed by atoms with Crippen LogP contribution in [0.5, 0.6) is 0 Å². The molecule has 94 valence electrons. The Morgan fingerprint density at radius 2 is 2.28 bits per heavy atom. The summed E-state index contributed by atoms with van der Waals surface area (Å²) in [5.74, 6) is 0.0911. The quantitative estimate of drug-likeness (QED) is 0.745. The summed E-state index contributed by atoms with van der Waals surface area (Å²) in [6.45, 7) is 3.35. The minimum atomic E-state index is -0.114. The van der Waals surface area contributed by atoms with Crippen molar-refractivity contribution in [3.05, 3.63) is 35.5 Å². The minimum absolute atomic E-state index is 0.0911. The number of H-pyrrole nitrogens is 1. The van der Waals surface area contributed by atoms with E-state index in [2.05, 4.69) is 27.8 Å². The van der Waals surface area contributed by atoms with Gasteiger partial charge in [-0.15, -0.1) is 0 Å². The van der Waals surface area contributed by atoms with E-state index in [1.165, 1.54) is 16.6 Å². The molecular formula is C14H17N3O. The number of aromatic amines is 1. The van der Waals surface area contributed by atoms with Gasteiger partial charge >= 0.3 is 0 Å². The van der Waals surface area contributed by atoms with Crippen LogP contribution >= 0.6 is 0 Å². The lowest BCUT2D eigenvalue weighted by Gasteiger charge is -2.23. The van der Waals surface area contributed by atoms with Crippen molar-refractivity contribution < 1.29 is 4.79 Å². The van der Waals surface area contributed by atoms with Gasteiger partial charge in [-0.05, 0) is 25.0 Å². The number of nitrogens with one attached hydrogen (secondary N) is 3. The Kier molecular flexibility index (Phi) is 2.80. The fraction of sp³-hybridized carbons (Fsp3) is 0.357. The average Bonchev–Trinajstić information content (AvgIpc) is 2.76. The molecule has 4 heteroatoms. The van der Waals surface area contributed by atoms with Crippen molar-refractivity contribution in [2.24, 2.45) is 0 Å². The molecule has 0 saturated carbocycles. The number of carbonyl (C=O) groups excluding carboxylic acids is 1. The highest BCUT2D eigenvalue weighted by atomic mass is 16.2. The largest absolute Gasteiger partial charge is 0.357 e. The van der Waals surface area contributed by atoms with Crippen molar-refractivity contribution in [1.29, 1.82) is 0 Å². The first-order valence-electron chi connectivity index (χ1n) is 6.39. The average molecular weight is 243 g/mol. The van der Waals surface area contributed by atoms with E-state index in [4.69, 9.17) is 0 Å². The zero-order chi connectivity index (χ0) is 12.5. The zero-order valence-corrected chi connectivity index (χ0v) is 10.4. The second-order valence-corrected chi connectivity index (χ2v) is 4.66. The van der Waals surface area contributed by atoms with Crippen LogP contribution in [-0.2, 0) is 17.8 Å². The van der Waals surface area contributed by atoms with Crippen LogP contribution in [0, 0.1) is 0 Å². The highest BCUT2D eigenvalue weighted by Gasteiger charge is 2.26. The maximum atomic E-state index is 11.9. The standard InChI is InChI=1S/C14H17N3O/c1-2-15-14(18)12-7-10-9-5-3-4-6-11(9)17-13(10)8-16-12/h3-6,12,16-17H,2,7-8H2,1H3,(H,15,18)/t12-/m0/s1. The van der Waals surface area contributed by atoms with Crippen molar-refractivity contribution in [3.63, 3.8) is 0 Å². The van der Waals surface area contributed by atoms with Crippen LogP contribution in [0.15, 0.2) is 24.3 Å². The van der Waals surface area contributed by atoms with Crippen LogP contribution in [0.4, 0.5) is 0 Å². The van der Waals surface area contributed by atoms with Gasteiger partial charge in [0.1, 0.15) is 0 Å². The summed E-state index contributed by atoms with van der Waals surface area (Å²) < 4.78 is 0. The first-order valence-corrected chi connectivity index (χ1v) is 6.39. The van der Waals surface area contributed by atoms with E-state index in [0.29, 0.717) is 6.54 Å². The molecule has 1 aliphatic rings. The third-order valence-corrected chi connectivity index (χ3v) is 3.50. The molecule has 18 heavy (non-hydrogen) atoms. The number of fused-ring (bicyclic) bond motifs is 3. The molecule has 0 saturated heterocycles. The molecule has 3 rings (SSSR count). The highest BCUT2D eigenvalue weighted by Crippen LogP contribution is 2.26. The summed E-state index contributed by atoms with van der Waals surface area (Å²) in [4.78, 5) is 15.3. The zero-order valence-electron chi connectivity index (χ0n) is 10.4. The van der Waals surface area contributed by atoms with Gasteiger partial charge < -0.3 is 10.3 Å². The molecule has 0 unspecified atom stereocenters. The number of para-hydroxylation sites is 1. The van der Waals surface area contributed by atoms with Crippen molar-refractivity contribution >= 4 is 16.8 Å². The number of carbonyl (C=O) groups is 1. The van der Waals surface area contributed by atoms with E-state index in [0.717, 1.165) is 18.5 Å². The summed E-state index contributed by atoms with van der Waals surface area (Å²) in [5.41, 5.74) is 3.64. The van der Waals surface area contributed by atoms with Crippen LogP contribution in [-0.4, -0.2) is 23.5 Å². The smallest absolute Gasteiger partial charge is 0.237 e. The van der Waals surface area contributed by atoms with Gasteiger partial charge in [0.25, 0.3) is 0 Å². The second-order valence-electron chi connectivity index (χ2n) is 4.66. The molecule has 0 bridgehead atoms. The maximum Gasteiger partial charge on any atom is 0.237 e. The van der Waals surface area contributed by atoms with Crippen LogP contribution in [0.1, 0.15) is 18.2 Å². The Morgan fingerprint density at radius 1 is 1.44 bits per heavy atom. The van der Waals surface area contributed by atoms with E-state index < -0.39 is 0 Å². The molecule has 0 fully saturated rings. The van der Waals surface area contributed by atoms with E-state index in [1.54, 1.807) is 0 Å². The minimum Gasteiger partial charge on any atom is -0.357 e. The first kappa shape index (κ1) is 11.3. The van der Waals surface area contributed by atoms with Gasteiger partial charge in [0, 0.05) is 29.7 Å². The number of aromatic nitrogens is 1. The Labute approximate surface area is 106 Å². The third kappa shape index (κ3) is 1.78. The number of hydrogen-bond donors (Lipinski definition) is 3. The van der Waals surface area contributed by atoms with E-state index in [9.17, 15) is 4.79 Å². The van der Waals surface area contributed by atoms with Gasteiger partial charge in [-0.3, -0.25) is 10.1 Å². The van der Waals surface area contributed by atoms with Gasteiger partial charge in [-0.1, -0.05) is 18.2 Å². The Hall–Kier alpha value is -1.81. The van der Waals surface area contributed by atoms with E-state index >= 15 is 0 Å². The lowest BCUT2D eigenvalue weighted by molar-refractivity contribution is -0.123. The SMILES string of the molecule is CCNC(=O)[C@@H]1Cc2c([nH]c3ccccc23)CN1. The fourth-order valence-electron chi connectivity index (χ4n) is 2.62. The Morgan fingerprint density at radius 3 is 3.11 bits per heavy atom. The maximum absolute atomic E-state index is 11.9. The Balaban J connectivity index is 1.94. The topological polar surface area (TPSA) is 56.9 Å². The lowest BCUT2D eigenvalue weighted by atomic mass is 9.98. The van der Waals surface area contributed by atoms with Crippen LogP contribution in [0.25, 0.3) is 10.9 Å². The summed E-state index contributed by atoms with van der Waals surface area (Å²) in [6.07, 6.45) is 0.755. The van der Waals surface area contributed by atoms with Crippen molar-refractivity contribution in [2.45, 2.75) is 25.9 Å². The number of rotatable bonds is 2. The van der Waals surface area contributed by atoms with E-state index in [1.807, 2.05) is 19.1 Å². The molecule has 1 aromatic carbocycles. The molecule has 1 aliphatic heterocycles. The van der Waals surface area contributed by atoms with Gasteiger partial charge in [0.05, 0.1) is 6.04 Å². The van der Waals surface area contributed by atoms with Crippen LogP contribution in [0.3, 0.4) is 0 Å². The summed E-state index contributed by atoms with van der Waals surface area (Å²) in [5, 5.41) is 7.39. The summed E-state index contributed by atoms with van der Waals surface area (Å²) in [6, 6.07) is 8.15. The van der Waals surface area contributed by atoms with Crippen molar-refractivity contribution in [3.8, 4) is 0 Å². The fourth-order valence-corrected chi connectivity index (χ4v) is 2.62. The van der Waals surface area contributed by atoms with Gasteiger partial charge in [0.2, 0.25) is 5.91 Å².